The largest absolute Gasteiger partial charge is 0.481 e. The van der Waals surface area contributed by atoms with Gasteiger partial charge >= 0.3 is 5.97 Å². The lowest BCUT2D eigenvalue weighted by atomic mass is 10.1. The van der Waals surface area contributed by atoms with E-state index in [2.05, 4.69) is 0 Å². The molecule has 0 saturated carbocycles. The highest BCUT2D eigenvalue weighted by atomic mass is 16.4. The molecule has 0 heterocycles. The van der Waals surface area contributed by atoms with Crippen molar-refractivity contribution in [2.45, 2.75) is 31.5 Å². The van der Waals surface area contributed by atoms with Crippen molar-refractivity contribution in [3.8, 4) is 0 Å². The third-order valence-electron chi connectivity index (χ3n) is 3.18. The van der Waals surface area contributed by atoms with Crippen LogP contribution in [0.1, 0.15) is 29.6 Å². The first-order valence-corrected chi connectivity index (χ1v) is 7.69. The van der Waals surface area contributed by atoms with Gasteiger partial charge in [0.05, 0.1) is 6.10 Å². The third-order valence-corrected chi connectivity index (χ3v) is 3.18. The number of rotatable bonds is 10. The summed E-state index contributed by atoms with van der Waals surface area (Å²) >= 11 is 0. The molecule has 5 heteroatoms. The summed E-state index contributed by atoms with van der Waals surface area (Å²) in [5.41, 5.74) is 0.447. The molecular weight excluding hydrogens is 308 g/mol. The van der Waals surface area contributed by atoms with Crippen molar-refractivity contribution in [3.63, 3.8) is 0 Å². The fraction of sp³-hybridized carbons (Fsp3) is 0.263. The summed E-state index contributed by atoms with van der Waals surface area (Å²) in [4.78, 5) is 22.2. The van der Waals surface area contributed by atoms with E-state index in [9.17, 15) is 19.8 Å². The van der Waals surface area contributed by atoms with E-state index in [1.165, 1.54) is 6.08 Å². The Kier molecular flexibility index (Phi) is 9.04. The number of carbonyl (C=O) groups is 2. The summed E-state index contributed by atoms with van der Waals surface area (Å²) in [7, 11) is 0. The van der Waals surface area contributed by atoms with Gasteiger partial charge in [-0.3, -0.25) is 9.59 Å². The number of allylic oxidation sites excluding steroid dienone is 4. The maximum atomic E-state index is 11.9. The third kappa shape index (κ3) is 8.22. The predicted octanol–water partition coefficient (Wildman–Crippen LogP) is 2.51. The number of hydrogen-bond acceptors (Lipinski definition) is 4. The van der Waals surface area contributed by atoms with E-state index in [4.69, 9.17) is 5.11 Å². The molecule has 0 saturated heterocycles. The molecule has 0 aliphatic rings. The lowest BCUT2D eigenvalue weighted by molar-refractivity contribution is -0.137. The number of carboxylic acid groups (broad SMARTS) is 1. The second-order valence-corrected chi connectivity index (χ2v) is 5.18. The van der Waals surface area contributed by atoms with E-state index in [1.54, 1.807) is 60.7 Å². The van der Waals surface area contributed by atoms with Crippen LogP contribution < -0.4 is 0 Å². The summed E-state index contributed by atoms with van der Waals surface area (Å²) in [5.74, 6) is -1.25. The molecule has 0 amide bonds. The van der Waals surface area contributed by atoms with Gasteiger partial charge in [-0.2, -0.15) is 0 Å². The minimum absolute atomic E-state index is 0.0385. The van der Waals surface area contributed by atoms with Crippen LogP contribution in [0.2, 0.25) is 0 Å². The molecule has 0 radical (unpaired) electrons. The van der Waals surface area contributed by atoms with Gasteiger partial charge < -0.3 is 15.3 Å². The van der Waals surface area contributed by atoms with Crippen LogP contribution in [-0.4, -0.2) is 39.3 Å². The van der Waals surface area contributed by atoms with Crippen LogP contribution in [0.4, 0.5) is 0 Å². The molecule has 128 valence electrons. The molecule has 0 spiro atoms. The zero-order chi connectivity index (χ0) is 17.8. The van der Waals surface area contributed by atoms with E-state index in [-0.39, 0.29) is 12.2 Å². The van der Waals surface area contributed by atoms with Crippen LogP contribution in [0.5, 0.6) is 0 Å². The van der Waals surface area contributed by atoms with Crippen molar-refractivity contribution >= 4 is 11.8 Å². The first kappa shape index (κ1) is 19.5. The summed E-state index contributed by atoms with van der Waals surface area (Å²) in [6.07, 6.45) is 8.32. The van der Waals surface area contributed by atoms with Gasteiger partial charge in [0.2, 0.25) is 0 Å². The molecule has 0 unspecified atom stereocenters. The van der Waals surface area contributed by atoms with Crippen molar-refractivity contribution < 1.29 is 24.9 Å². The molecular formula is C19H22O5. The van der Waals surface area contributed by atoms with Crippen LogP contribution in [0.15, 0.2) is 66.8 Å². The second kappa shape index (κ2) is 11.1. The van der Waals surface area contributed by atoms with Gasteiger partial charge in [0.1, 0.15) is 6.10 Å². The van der Waals surface area contributed by atoms with Crippen molar-refractivity contribution in [2.75, 3.05) is 0 Å². The molecule has 1 aromatic rings. The number of Topliss-reactive ketones (excluding diaryl/α,β-unsaturated/α-hetero) is 1. The van der Waals surface area contributed by atoms with Gasteiger partial charge in [0.25, 0.3) is 0 Å². The highest BCUT2D eigenvalue weighted by molar-refractivity contribution is 6.00. The highest BCUT2D eigenvalue weighted by Gasteiger charge is 2.12. The molecule has 1 aromatic carbocycles. The van der Waals surface area contributed by atoms with Gasteiger partial charge in [0, 0.05) is 12.0 Å². The first-order valence-electron chi connectivity index (χ1n) is 7.69. The van der Waals surface area contributed by atoms with E-state index in [0.29, 0.717) is 18.4 Å². The SMILES string of the molecule is O=C(O)CCC[C@@H](O)\C=C/C=C/C=C/[C@@H](O)C(=O)c1ccccc1. The number of aliphatic hydroxyl groups excluding tert-OH is 2. The predicted molar refractivity (Wildman–Crippen MR) is 91.7 cm³/mol. The normalized spacial score (nSPS) is 14.4. The number of carboxylic acids is 1. The standard InChI is InChI=1S/C19H22O5/c20-16(12-8-14-18(22)23)11-6-1-2-7-13-17(21)19(24)15-9-4-3-5-10-15/h1-7,9-11,13,16-17,20-21H,8,12,14H2,(H,22,23)/b2-1+,11-6-,13-7+/t16-,17+/m0/s1. The molecule has 5 nitrogen and oxygen atoms in total. The van der Waals surface area contributed by atoms with Gasteiger partial charge in [-0.25, -0.2) is 0 Å². The number of ketones is 1. The Morgan fingerprint density at radius 3 is 2.21 bits per heavy atom. The van der Waals surface area contributed by atoms with Crippen LogP contribution in [0, 0.1) is 0 Å². The Labute approximate surface area is 141 Å². The van der Waals surface area contributed by atoms with E-state index in [1.807, 2.05) is 0 Å². The van der Waals surface area contributed by atoms with Crippen molar-refractivity contribution in [2.24, 2.45) is 0 Å². The zero-order valence-electron chi connectivity index (χ0n) is 13.3. The maximum Gasteiger partial charge on any atom is 0.303 e. The Morgan fingerprint density at radius 2 is 1.58 bits per heavy atom. The molecule has 24 heavy (non-hydrogen) atoms. The minimum atomic E-state index is -1.21. The lowest BCUT2D eigenvalue weighted by Crippen LogP contribution is -2.17. The fourth-order valence-corrected chi connectivity index (χ4v) is 1.91. The fourth-order valence-electron chi connectivity index (χ4n) is 1.91. The second-order valence-electron chi connectivity index (χ2n) is 5.18. The van der Waals surface area contributed by atoms with Gasteiger partial charge in [-0.05, 0) is 18.9 Å². The topological polar surface area (TPSA) is 94.8 Å². The number of aliphatic carboxylic acids is 1. The molecule has 0 aliphatic heterocycles. The number of hydrogen-bond donors (Lipinski definition) is 3. The van der Waals surface area contributed by atoms with Gasteiger partial charge in [0.15, 0.2) is 5.78 Å². The van der Waals surface area contributed by atoms with Crippen molar-refractivity contribution in [3.05, 3.63) is 72.4 Å². The quantitative estimate of drug-likeness (QED) is 0.452. The van der Waals surface area contributed by atoms with Crippen molar-refractivity contribution in [1.82, 2.24) is 0 Å². The Hall–Kier alpha value is -2.50. The number of benzene rings is 1. The monoisotopic (exact) mass is 330 g/mol. The first-order chi connectivity index (χ1) is 11.5. The smallest absolute Gasteiger partial charge is 0.303 e. The molecule has 0 aromatic heterocycles. The summed E-state index contributed by atoms with van der Waals surface area (Å²) < 4.78 is 0. The molecule has 0 bridgehead atoms. The molecule has 0 aliphatic carbocycles. The molecule has 3 N–H and O–H groups in total. The highest BCUT2D eigenvalue weighted by Crippen LogP contribution is 2.05. The average Bonchev–Trinajstić information content (AvgIpc) is 2.57. The number of aliphatic hydroxyl groups is 2. The molecule has 2 atom stereocenters. The summed E-state index contributed by atoms with van der Waals surface area (Å²) in [5, 5.41) is 27.9. The summed E-state index contributed by atoms with van der Waals surface area (Å²) in [6.45, 7) is 0. The minimum Gasteiger partial charge on any atom is -0.481 e. The Morgan fingerprint density at radius 1 is 0.958 bits per heavy atom. The van der Waals surface area contributed by atoms with Crippen LogP contribution in [0.25, 0.3) is 0 Å². The van der Waals surface area contributed by atoms with Crippen LogP contribution in [-0.2, 0) is 4.79 Å². The van der Waals surface area contributed by atoms with Crippen LogP contribution >= 0.6 is 0 Å². The summed E-state index contributed by atoms with van der Waals surface area (Å²) in [6, 6.07) is 8.55. The van der Waals surface area contributed by atoms with E-state index >= 15 is 0 Å². The van der Waals surface area contributed by atoms with Gasteiger partial charge in [-0.15, -0.1) is 0 Å². The number of carbonyl (C=O) groups excluding carboxylic acids is 1. The molecule has 1 rings (SSSR count). The Bertz CT molecular complexity index is 601. The average molecular weight is 330 g/mol. The van der Waals surface area contributed by atoms with E-state index < -0.39 is 18.2 Å². The lowest BCUT2D eigenvalue weighted by Gasteiger charge is -2.03. The van der Waals surface area contributed by atoms with E-state index in [0.717, 1.165) is 0 Å². The van der Waals surface area contributed by atoms with Crippen molar-refractivity contribution in [1.29, 1.82) is 0 Å². The molecule has 0 fully saturated rings. The van der Waals surface area contributed by atoms with Gasteiger partial charge in [-0.1, -0.05) is 60.7 Å². The zero-order valence-corrected chi connectivity index (χ0v) is 13.3. The maximum absolute atomic E-state index is 11.9. The Balaban J connectivity index is 2.35. The van der Waals surface area contributed by atoms with Crippen LogP contribution in [0.3, 0.4) is 0 Å².